The van der Waals surface area contributed by atoms with Crippen LogP contribution in [-0.4, -0.2) is 50.2 Å². The Bertz CT molecular complexity index is 876. The molecule has 0 amide bonds. The van der Waals surface area contributed by atoms with Gasteiger partial charge >= 0.3 is 0 Å². The molecule has 2 aromatic rings. The molecule has 0 saturated carbocycles. The number of piperidine rings is 1. The van der Waals surface area contributed by atoms with Crippen LogP contribution in [0.4, 0.5) is 15.9 Å². The van der Waals surface area contributed by atoms with Crippen molar-refractivity contribution in [3.05, 3.63) is 54.0 Å². The molecule has 2 fully saturated rings. The number of rotatable bonds is 5. The minimum absolute atomic E-state index is 0.205. The summed E-state index contributed by atoms with van der Waals surface area (Å²) in [5, 5.41) is 6.86. The summed E-state index contributed by atoms with van der Waals surface area (Å²) in [5.41, 5.74) is 2.53. The van der Waals surface area contributed by atoms with E-state index in [1.54, 1.807) is 19.3 Å². The van der Waals surface area contributed by atoms with Crippen molar-refractivity contribution in [2.24, 2.45) is 10.9 Å². The summed E-state index contributed by atoms with van der Waals surface area (Å²) in [5.74, 6) is 1.77. The van der Waals surface area contributed by atoms with E-state index in [-0.39, 0.29) is 11.9 Å². The van der Waals surface area contributed by atoms with Crippen LogP contribution in [0.25, 0.3) is 0 Å². The molecule has 0 spiro atoms. The van der Waals surface area contributed by atoms with Gasteiger partial charge in [-0.2, -0.15) is 0 Å². The fraction of sp³-hybridized carbons (Fsp3) is 0.500. The second-order valence-electron chi connectivity index (χ2n) is 8.65. The van der Waals surface area contributed by atoms with Gasteiger partial charge in [0.2, 0.25) is 0 Å². The monoisotopic (exact) mass is 424 g/mol. The van der Waals surface area contributed by atoms with Gasteiger partial charge in [-0.15, -0.1) is 0 Å². The van der Waals surface area contributed by atoms with Crippen LogP contribution in [0.2, 0.25) is 0 Å². The fourth-order valence-corrected chi connectivity index (χ4v) is 4.35. The molecule has 4 rings (SSSR count). The number of benzene rings is 1. The van der Waals surface area contributed by atoms with Gasteiger partial charge in [0, 0.05) is 57.7 Å². The van der Waals surface area contributed by atoms with Gasteiger partial charge in [0.15, 0.2) is 17.6 Å². The topological polar surface area (TPSA) is 55.8 Å². The predicted octanol–water partition coefficient (Wildman–Crippen LogP) is 3.40. The van der Waals surface area contributed by atoms with Crippen LogP contribution >= 0.6 is 0 Å². The number of halogens is 1. The molecule has 2 aliphatic rings. The maximum atomic E-state index is 14.0. The van der Waals surface area contributed by atoms with Gasteiger partial charge in [0.25, 0.3) is 0 Å². The Morgan fingerprint density at radius 1 is 1.10 bits per heavy atom. The number of aromatic nitrogens is 1. The second-order valence-corrected chi connectivity index (χ2v) is 8.65. The van der Waals surface area contributed by atoms with Crippen molar-refractivity contribution in [3.63, 3.8) is 0 Å². The summed E-state index contributed by atoms with van der Waals surface area (Å²) in [6.07, 6.45) is 5.10. The standard InChI is InChI=1S/C24H33FN6/c1-18-9-13-30(14-10-18)21-7-5-19(6-8-21)16-28-24(26-2)29-20-11-15-31(17-20)23-22(25)4-3-12-27-23/h3-8,12,18,20H,9-11,13-17H2,1-2H3,(H2,26,28,29). The highest BCUT2D eigenvalue weighted by atomic mass is 19.1. The molecular formula is C24H33FN6. The summed E-state index contributed by atoms with van der Waals surface area (Å²) >= 11 is 0. The third kappa shape index (κ3) is 5.46. The van der Waals surface area contributed by atoms with Gasteiger partial charge in [0.1, 0.15) is 0 Å². The molecule has 166 valence electrons. The van der Waals surface area contributed by atoms with Crippen LogP contribution in [-0.2, 0) is 6.54 Å². The van der Waals surface area contributed by atoms with Crippen LogP contribution in [0, 0.1) is 11.7 Å². The zero-order valence-corrected chi connectivity index (χ0v) is 18.5. The molecule has 31 heavy (non-hydrogen) atoms. The number of pyridine rings is 1. The van der Waals surface area contributed by atoms with Gasteiger partial charge in [-0.05, 0) is 55.0 Å². The van der Waals surface area contributed by atoms with Crippen LogP contribution in [0.15, 0.2) is 47.6 Å². The number of hydrogen-bond acceptors (Lipinski definition) is 4. The van der Waals surface area contributed by atoms with Gasteiger partial charge < -0.3 is 20.4 Å². The molecule has 0 aliphatic carbocycles. The largest absolute Gasteiger partial charge is 0.372 e. The predicted molar refractivity (Wildman–Crippen MR) is 125 cm³/mol. The highest BCUT2D eigenvalue weighted by Gasteiger charge is 2.26. The first-order valence-electron chi connectivity index (χ1n) is 11.3. The quantitative estimate of drug-likeness (QED) is 0.569. The van der Waals surface area contributed by atoms with Gasteiger partial charge in [-0.25, -0.2) is 9.37 Å². The lowest BCUT2D eigenvalue weighted by atomic mass is 9.99. The number of aliphatic imine (C=N–C) groups is 1. The summed E-state index contributed by atoms with van der Waals surface area (Å²) < 4.78 is 14.0. The first kappa shape index (κ1) is 21.4. The van der Waals surface area contributed by atoms with E-state index in [1.165, 1.54) is 30.2 Å². The van der Waals surface area contributed by atoms with Crippen LogP contribution in [0.1, 0.15) is 31.7 Å². The van der Waals surface area contributed by atoms with Crippen molar-refractivity contribution in [1.82, 2.24) is 15.6 Å². The molecule has 0 bridgehead atoms. The second kappa shape index (κ2) is 9.98. The normalized spacial score (nSPS) is 20.2. The minimum Gasteiger partial charge on any atom is -0.372 e. The molecule has 1 unspecified atom stereocenters. The van der Waals surface area contributed by atoms with E-state index in [0.29, 0.717) is 18.9 Å². The summed E-state index contributed by atoms with van der Waals surface area (Å²) in [6.45, 7) is 6.83. The number of nitrogens with one attached hydrogen (secondary N) is 2. The SMILES string of the molecule is CN=C(NCc1ccc(N2CCC(C)CC2)cc1)NC1CCN(c2ncccc2F)C1. The van der Waals surface area contributed by atoms with E-state index in [4.69, 9.17) is 0 Å². The molecule has 1 aromatic heterocycles. The van der Waals surface area contributed by atoms with E-state index in [9.17, 15) is 4.39 Å². The molecule has 1 atom stereocenters. The molecule has 2 aliphatic heterocycles. The molecular weight excluding hydrogens is 391 g/mol. The Morgan fingerprint density at radius 2 is 1.84 bits per heavy atom. The van der Waals surface area contributed by atoms with Crippen molar-refractivity contribution in [3.8, 4) is 0 Å². The minimum atomic E-state index is -0.270. The highest BCUT2D eigenvalue weighted by Crippen LogP contribution is 2.23. The number of hydrogen-bond donors (Lipinski definition) is 2. The molecule has 3 heterocycles. The first-order chi connectivity index (χ1) is 15.1. The van der Waals surface area contributed by atoms with E-state index in [1.807, 2.05) is 4.90 Å². The molecule has 6 nitrogen and oxygen atoms in total. The van der Waals surface area contributed by atoms with Crippen molar-refractivity contribution >= 4 is 17.5 Å². The summed E-state index contributed by atoms with van der Waals surface area (Å²) in [4.78, 5) is 13.0. The van der Waals surface area contributed by atoms with E-state index >= 15 is 0 Å². The van der Waals surface area contributed by atoms with Crippen molar-refractivity contribution < 1.29 is 4.39 Å². The van der Waals surface area contributed by atoms with Crippen molar-refractivity contribution in [2.45, 2.75) is 38.8 Å². The zero-order valence-electron chi connectivity index (χ0n) is 18.5. The Balaban J connectivity index is 1.26. The molecule has 2 N–H and O–H groups in total. The van der Waals surface area contributed by atoms with Gasteiger partial charge in [-0.1, -0.05) is 19.1 Å². The third-order valence-corrected chi connectivity index (χ3v) is 6.34. The Hall–Kier alpha value is -2.83. The maximum Gasteiger partial charge on any atom is 0.191 e. The van der Waals surface area contributed by atoms with Crippen LogP contribution < -0.4 is 20.4 Å². The smallest absolute Gasteiger partial charge is 0.191 e. The van der Waals surface area contributed by atoms with Crippen LogP contribution in [0.3, 0.4) is 0 Å². The van der Waals surface area contributed by atoms with E-state index in [2.05, 4.69) is 56.7 Å². The fourth-order valence-electron chi connectivity index (χ4n) is 4.35. The molecule has 2 saturated heterocycles. The Morgan fingerprint density at radius 3 is 2.55 bits per heavy atom. The van der Waals surface area contributed by atoms with Crippen molar-refractivity contribution in [1.29, 1.82) is 0 Å². The average Bonchev–Trinajstić information content (AvgIpc) is 3.26. The first-order valence-corrected chi connectivity index (χ1v) is 11.3. The van der Waals surface area contributed by atoms with Gasteiger partial charge in [0.05, 0.1) is 0 Å². The number of anilines is 2. The third-order valence-electron chi connectivity index (χ3n) is 6.34. The number of nitrogens with zero attached hydrogens (tertiary/aromatic N) is 4. The number of guanidine groups is 1. The summed E-state index contributed by atoms with van der Waals surface area (Å²) in [7, 11) is 1.78. The summed E-state index contributed by atoms with van der Waals surface area (Å²) in [6, 6.07) is 12.1. The molecule has 7 heteroatoms. The average molecular weight is 425 g/mol. The maximum absolute atomic E-state index is 14.0. The lowest BCUT2D eigenvalue weighted by Gasteiger charge is -2.32. The zero-order chi connectivity index (χ0) is 21.6. The van der Waals surface area contributed by atoms with Gasteiger partial charge in [-0.3, -0.25) is 4.99 Å². The Labute approximate surface area is 184 Å². The lowest BCUT2D eigenvalue weighted by molar-refractivity contribution is 0.438. The van der Waals surface area contributed by atoms with Crippen molar-refractivity contribution in [2.75, 3.05) is 43.0 Å². The van der Waals surface area contributed by atoms with E-state index < -0.39 is 0 Å². The van der Waals surface area contributed by atoms with E-state index in [0.717, 1.165) is 37.9 Å². The van der Waals surface area contributed by atoms with Crippen LogP contribution in [0.5, 0.6) is 0 Å². The highest BCUT2D eigenvalue weighted by molar-refractivity contribution is 5.80. The molecule has 0 radical (unpaired) electrons. The lowest BCUT2D eigenvalue weighted by Crippen LogP contribution is -2.44. The molecule has 1 aromatic carbocycles. The Kier molecular flexibility index (Phi) is 6.89.